The Morgan fingerprint density at radius 2 is 1.50 bits per heavy atom. The van der Waals surface area contributed by atoms with E-state index in [1.54, 1.807) is 0 Å². The van der Waals surface area contributed by atoms with E-state index in [1.807, 2.05) is 0 Å². The van der Waals surface area contributed by atoms with Crippen molar-refractivity contribution in [2.45, 2.75) is 40.2 Å². The number of halogens is 2. The lowest BCUT2D eigenvalue weighted by molar-refractivity contribution is 0.457. The van der Waals surface area contributed by atoms with Crippen molar-refractivity contribution in [2.24, 2.45) is 22.5 Å². The van der Waals surface area contributed by atoms with Crippen molar-refractivity contribution in [3.63, 3.8) is 0 Å². The third-order valence-corrected chi connectivity index (χ3v) is 4.95. The van der Waals surface area contributed by atoms with Gasteiger partial charge in [-0.15, -0.1) is 0 Å². The van der Waals surface area contributed by atoms with Crippen LogP contribution < -0.4 is 5.73 Å². The molecule has 1 nitrogen and oxygen atoms in total. The van der Waals surface area contributed by atoms with E-state index in [1.165, 1.54) is 12.1 Å². The Bertz CT molecular complexity index is 431. The highest BCUT2D eigenvalue weighted by Gasteiger charge is 2.66. The molecule has 0 amide bonds. The van der Waals surface area contributed by atoms with Crippen LogP contribution >= 0.6 is 0 Å². The molecule has 1 atom stereocenters. The summed E-state index contributed by atoms with van der Waals surface area (Å²) in [5.41, 5.74) is 7.24. The Morgan fingerprint density at radius 1 is 1.06 bits per heavy atom. The van der Waals surface area contributed by atoms with E-state index in [0.717, 1.165) is 6.07 Å². The molecule has 1 aliphatic carbocycles. The van der Waals surface area contributed by atoms with Crippen LogP contribution in [0.4, 0.5) is 8.78 Å². The highest BCUT2D eigenvalue weighted by Crippen LogP contribution is 2.69. The molecular weight excluding hydrogens is 232 g/mol. The fourth-order valence-electron chi connectivity index (χ4n) is 3.44. The van der Waals surface area contributed by atoms with Crippen LogP contribution in [0.1, 0.15) is 33.3 Å². The molecule has 1 aromatic carbocycles. The Kier molecular flexibility index (Phi) is 3.01. The van der Waals surface area contributed by atoms with Gasteiger partial charge in [0.25, 0.3) is 0 Å². The van der Waals surface area contributed by atoms with Gasteiger partial charge >= 0.3 is 0 Å². The summed E-state index contributed by atoms with van der Waals surface area (Å²) in [5, 5.41) is 0. The highest BCUT2D eigenvalue weighted by molar-refractivity contribution is 5.22. The van der Waals surface area contributed by atoms with Crippen molar-refractivity contribution < 1.29 is 8.78 Å². The zero-order chi connectivity index (χ0) is 13.7. The van der Waals surface area contributed by atoms with Gasteiger partial charge in [0.05, 0.1) is 0 Å². The van der Waals surface area contributed by atoms with Crippen molar-refractivity contribution in [1.29, 1.82) is 0 Å². The van der Waals surface area contributed by atoms with Crippen LogP contribution in [0, 0.1) is 28.4 Å². The van der Waals surface area contributed by atoms with Crippen molar-refractivity contribution >= 4 is 0 Å². The van der Waals surface area contributed by atoms with Gasteiger partial charge in [0, 0.05) is 12.1 Å². The minimum Gasteiger partial charge on any atom is -0.327 e. The number of benzene rings is 1. The molecule has 18 heavy (non-hydrogen) atoms. The lowest BCUT2D eigenvalue weighted by atomic mass is 9.97. The maximum absolute atomic E-state index is 13.1. The monoisotopic (exact) mass is 253 g/mol. The fourth-order valence-corrected chi connectivity index (χ4v) is 3.44. The van der Waals surface area contributed by atoms with Crippen molar-refractivity contribution in [1.82, 2.24) is 0 Å². The molecule has 1 fully saturated rings. The minimum atomic E-state index is -0.536. The van der Waals surface area contributed by atoms with Gasteiger partial charge in [-0.05, 0) is 40.9 Å². The van der Waals surface area contributed by atoms with E-state index >= 15 is 0 Å². The predicted octanol–water partition coefficient (Wildman–Crippen LogP) is 3.52. The van der Waals surface area contributed by atoms with Gasteiger partial charge in [-0.25, -0.2) is 8.78 Å². The van der Waals surface area contributed by atoms with Crippen LogP contribution in [-0.4, -0.2) is 6.04 Å². The summed E-state index contributed by atoms with van der Waals surface area (Å²) in [6, 6.07) is 3.56. The fraction of sp³-hybridized carbons (Fsp3) is 0.600. The summed E-state index contributed by atoms with van der Waals surface area (Å²) in [7, 11) is 0. The zero-order valence-corrected chi connectivity index (χ0v) is 11.4. The van der Waals surface area contributed by atoms with Gasteiger partial charge in [0.2, 0.25) is 0 Å². The van der Waals surface area contributed by atoms with Crippen LogP contribution in [0.2, 0.25) is 0 Å². The molecule has 0 aromatic heterocycles. The Labute approximate surface area is 107 Å². The summed E-state index contributed by atoms with van der Waals surface area (Å²) in [4.78, 5) is 0. The average Bonchev–Trinajstić information content (AvgIpc) is 2.54. The lowest BCUT2D eigenvalue weighted by Gasteiger charge is -2.14. The SMILES string of the molecule is CC1(C)C(C(N)Cc2cc(F)cc(F)c2)C1(C)C. The second-order valence-corrected chi connectivity index (χ2v) is 6.57. The molecule has 0 spiro atoms. The maximum Gasteiger partial charge on any atom is 0.126 e. The van der Waals surface area contributed by atoms with Crippen molar-refractivity contribution in [3.8, 4) is 0 Å². The molecule has 3 heteroatoms. The molecule has 1 saturated carbocycles. The molecule has 2 N–H and O–H groups in total. The summed E-state index contributed by atoms with van der Waals surface area (Å²) >= 11 is 0. The van der Waals surface area contributed by atoms with Crippen LogP contribution in [0.25, 0.3) is 0 Å². The normalized spacial score (nSPS) is 22.8. The quantitative estimate of drug-likeness (QED) is 0.876. The van der Waals surface area contributed by atoms with Gasteiger partial charge in [-0.1, -0.05) is 27.7 Å². The average molecular weight is 253 g/mol. The van der Waals surface area contributed by atoms with E-state index < -0.39 is 11.6 Å². The summed E-state index contributed by atoms with van der Waals surface area (Å²) < 4.78 is 26.2. The van der Waals surface area contributed by atoms with E-state index in [4.69, 9.17) is 5.73 Å². The summed E-state index contributed by atoms with van der Waals surface area (Å²) in [6.07, 6.45) is 0.520. The van der Waals surface area contributed by atoms with Gasteiger partial charge in [-0.2, -0.15) is 0 Å². The van der Waals surface area contributed by atoms with Crippen LogP contribution in [0.15, 0.2) is 18.2 Å². The smallest absolute Gasteiger partial charge is 0.126 e. The first kappa shape index (κ1) is 13.5. The molecule has 0 heterocycles. The lowest BCUT2D eigenvalue weighted by Crippen LogP contribution is -2.28. The maximum atomic E-state index is 13.1. The Hall–Kier alpha value is -0.960. The van der Waals surface area contributed by atoms with Crippen molar-refractivity contribution in [2.75, 3.05) is 0 Å². The van der Waals surface area contributed by atoms with Gasteiger partial charge in [-0.3, -0.25) is 0 Å². The molecule has 2 rings (SSSR count). The largest absolute Gasteiger partial charge is 0.327 e. The topological polar surface area (TPSA) is 26.0 Å². The molecule has 1 unspecified atom stereocenters. The number of rotatable bonds is 3. The predicted molar refractivity (Wildman–Crippen MR) is 69.1 cm³/mol. The van der Waals surface area contributed by atoms with Gasteiger partial charge < -0.3 is 5.73 Å². The van der Waals surface area contributed by atoms with E-state index in [-0.39, 0.29) is 16.9 Å². The number of hydrogen-bond acceptors (Lipinski definition) is 1. The molecular formula is C15H21F2N. The van der Waals surface area contributed by atoms with Crippen LogP contribution in [0.3, 0.4) is 0 Å². The molecule has 1 aliphatic rings. The summed E-state index contributed by atoms with van der Waals surface area (Å²) in [6.45, 7) is 8.79. The van der Waals surface area contributed by atoms with E-state index in [0.29, 0.717) is 17.9 Å². The van der Waals surface area contributed by atoms with Crippen LogP contribution in [-0.2, 0) is 6.42 Å². The molecule has 1 aromatic rings. The first-order valence-corrected chi connectivity index (χ1v) is 6.37. The second-order valence-electron chi connectivity index (χ2n) is 6.57. The minimum absolute atomic E-state index is 0.0591. The van der Waals surface area contributed by atoms with Gasteiger partial charge in [0.1, 0.15) is 11.6 Å². The number of nitrogens with two attached hydrogens (primary N) is 1. The molecule has 100 valence electrons. The highest BCUT2D eigenvalue weighted by atomic mass is 19.1. The molecule has 0 aliphatic heterocycles. The Balaban J connectivity index is 2.11. The van der Waals surface area contributed by atoms with E-state index in [9.17, 15) is 8.78 Å². The molecule has 0 saturated heterocycles. The third-order valence-electron chi connectivity index (χ3n) is 4.95. The summed E-state index contributed by atoms with van der Waals surface area (Å²) in [5.74, 6) is -0.686. The third kappa shape index (κ3) is 2.05. The zero-order valence-electron chi connectivity index (χ0n) is 11.4. The van der Waals surface area contributed by atoms with Crippen molar-refractivity contribution in [3.05, 3.63) is 35.4 Å². The number of hydrogen-bond donors (Lipinski definition) is 1. The first-order chi connectivity index (χ1) is 8.16. The molecule has 0 radical (unpaired) electrons. The van der Waals surface area contributed by atoms with Crippen LogP contribution in [0.5, 0.6) is 0 Å². The Morgan fingerprint density at radius 3 is 1.89 bits per heavy atom. The second kappa shape index (κ2) is 4.02. The first-order valence-electron chi connectivity index (χ1n) is 6.37. The van der Waals surface area contributed by atoms with Gasteiger partial charge in [0.15, 0.2) is 0 Å². The standard InChI is InChI=1S/C15H21F2N/c1-14(2)13(15(14,3)4)12(18)7-9-5-10(16)8-11(17)6-9/h5-6,8,12-13H,7,18H2,1-4H3. The molecule has 0 bridgehead atoms. The van der Waals surface area contributed by atoms with E-state index in [2.05, 4.69) is 27.7 Å².